The van der Waals surface area contributed by atoms with Crippen LogP contribution in [0.15, 0.2) is 12.1 Å². The quantitative estimate of drug-likeness (QED) is 0.631. The third-order valence-electron chi connectivity index (χ3n) is 1.71. The predicted molar refractivity (Wildman–Crippen MR) is 49.8 cm³/mol. The van der Waals surface area contributed by atoms with Crippen molar-refractivity contribution in [2.75, 3.05) is 12.3 Å². The van der Waals surface area contributed by atoms with E-state index in [-0.39, 0.29) is 22.9 Å². The Morgan fingerprint density at radius 1 is 1.54 bits per heavy atom. The molecule has 0 aliphatic heterocycles. The van der Waals surface area contributed by atoms with Gasteiger partial charge in [-0.2, -0.15) is 0 Å². The third-order valence-corrected chi connectivity index (χ3v) is 2.04. The summed E-state index contributed by atoms with van der Waals surface area (Å²) in [4.78, 5) is 0. The van der Waals surface area contributed by atoms with Crippen LogP contribution in [0.3, 0.4) is 0 Å². The van der Waals surface area contributed by atoms with Gasteiger partial charge >= 0.3 is 0 Å². The molecule has 0 spiro atoms. The monoisotopic (exact) mass is 204 g/mol. The lowest BCUT2D eigenvalue weighted by Gasteiger charge is -2.10. The molecule has 0 unspecified atom stereocenters. The lowest BCUT2D eigenvalue weighted by atomic mass is 10.1. The van der Waals surface area contributed by atoms with Gasteiger partial charge in [0.2, 0.25) is 0 Å². The summed E-state index contributed by atoms with van der Waals surface area (Å²) in [5.41, 5.74) is 11.1. The van der Waals surface area contributed by atoms with Crippen molar-refractivity contribution in [3.63, 3.8) is 0 Å². The second kappa shape index (κ2) is 3.91. The highest BCUT2D eigenvalue weighted by atomic mass is 35.5. The number of anilines is 1. The van der Waals surface area contributed by atoms with Gasteiger partial charge in [-0.3, -0.25) is 0 Å². The van der Waals surface area contributed by atoms with E-state index in [0.717, 1.165) is 6.07 Å². The van der Waals surface area contributed by atoms with Crippen LogP contribution in [0.25, 0.3) is 0 Å². The largest absolute Gasteiger partial charge is 0.397 e. The molecular weight excluding hydrogens is 195 g/mol. The average molecular weight is 205 g/mol. The van der Waals surface area contributed by atoms with E-state index in [9.17, 15) is 4.39 Å². The lowest BCUT2D eigenvalue weighted by Crippen LogP contribution is -2.16. The third kappa shape index (κ3) is 2.09. The highest BCUT2D eigenvalue weighted by Gasteiger charge is 2.12. The SMILES string of the molecule is Nc1cc(F)c([C@H](N)CO)cc1Cl. The van der Waals surface area contributed by atoms with Crippen LogP contribution in [0, 0.1) is 5.82 Å². The topological polar surface area (TPSA) is 72.3 Å². The molecule has 0 saturated carbocycles. The smallest absolute Gasteiger partial charge is 0.130 e. The van der Waals surface area contributed by atoms with E-state index < -0.39 is 11.9 Å². The number of hydrogen-bond acceptors (Lipinski definition) is 3. The van der Waals surface area contributed by atoms with Crippen molar-refractivity contribution in [1.29, 1.82) is 0 Å². The first kappa shape index (κ1) is 10.2. The number of nitrogens with two attached hydrogens (primary N) is 2. The Labute approximate surface area is 80.1 Å². The predicted octanol–water partition coefficient (Wildman–Crippen LogP) is 1.05. The molecule has 0 radical (unpaired) electrons. The maximum absolute atomic E-state index is 13.1. The van der Waals surface area contributed by atoms with E-state index in [2.05, 4.69) is 0 Å². The van der Waals surface area contributed by atoms with Crippen LogP contribution in [-0.4, -0.2) is 11.7 Å². The van der Waals surface area contributed by atoms with E-state index >= 15 is 0 Å². The summed E-state index contributed by atoms with van der Waals surface area (Å²) in [5.74, 6) is -0.552. The normalized spacial score (nSPS) is 12.9. The van der Waals surface area contributed by atoms with Gasteiger partial charge in [-0.25, -0.2) is 4.39 Å². The number of aliphatic hydroxyl groups is 1. The maximum atomic E-state index is 13.1. The van der Waals surface area contributed by atoms with E-state index in [1.165, 1.54) is 6.07 Å². The first-order valence-electron chi connectivity index (χ1n) is 3.67. The van der Waals surface area contributed by atoms with E-state index in [0.29, 0.717) is 0 Å². The average Bonchev–Trinajstić information content (AvgIpc) is 2.10. The molecule has 0 saturated heterocycles. The molecule has 13 heavy (non-hydrogen) atoms. The zero-order chi connectivity index (χ0) is 10.0. The molecule has 72 valence electrons. The fourth-order valence-electron chi connectivity index (χ4n) is 0.960. The summed E-state index contributed by atoms with van der Waals surface area (Å²) in [6.07, 6.45) is 0. The Morgan fingerprint density at radius 2 is 2.15 bits per heavy atom. The van der Waals surface area contributed by atoms with Crippen molar-refractivity contribution in [1.82, 2.24) is 0 Å². The van der Waals surface area contributed by atoms with Gasteiger partial charge in [0.15, 0.2) is 0 Å². The van der Waals surface area contributed by atoms with Crippen LogP contribution < -0.4 is 11.5 Å². The molecule has 1 aromatic rings. The summed E-state index contributed by atoms with van der Waals surface area (Å²) in [6.45, 7) is -0.336. The van der Waals surface area contributed by atoms with Gasteiger partial charge in [-0.15, -0.1) is 0 Å². The van der Waals surface area contributed by atoms with E-state index in [1.807, 2.05) is 0 Å². The van der Waals surface area contributed by atoms with Crippen molar-refractivity contribution in [3.05, 3.63) is 28.5 Å². The molecule has 1 atom stereocenters. The number of halogens is 2. The molecule has 0 fully saturated rings. The highest BCUT2D eigenvalue weighted by molar-refractivity contribution is 6.33. The Balaban J connectivity index is 3.15. The van der Waals surface area contributed by atoms with Gasteiger partial charge in [0, 0.05) is 5.56 Å². The standard InChI is InChI=1S/C8H10ClFN2O/c9-5-1-4(8(12)3-13)6(10)2-7(5)11/h1-2,8,13H,3,11-12H2/t8-/m1/s1. The molecule has 0 aromatic heterocycles. The minimum atomic E-state index is -0.766. The summed E-state index contributed by atoms with van der Waals surface area (Å²) in [6, 6.07) is 1.65. The Bertz CT molecular complexity index is 319. The lowest BCUT2D eigenvalue weighted by molar-refractivity contribution is 0.265. The van der Waals surface area contributed by atoms with Crippen LogP contribution in [0.2, 0.25) is 5.02 Å². The molecule has 0 heterocycles. The first-order valence-corrected chi connectivity index (χ1v) is 4.05. The summed E-state index contributed by atoms with van der Waals surface area (Å²) < 4.78 is 13.1. The van der Waals surface area contributed by atoms with Crippen molar-refractivity contribution in [2.45, 2.75) is 6.04 Å². The number of benzene rings is 1. The van der Waals surface area contributed by atoms with Gasteiger partial charge in [-0.1, -0.05) is 11.6 Å². The second-order valence-electron chi connectivity index (χ2n) is 2.68. The second-order valence-corrected chi connectivity index (χ2v) is 3.09. The van der Waals surface area contributed by atoms with Crippen LogP contribution in [0.1, 0.15) is 11.6 Å². The number of aliphatic hydroxyl groups excluding tert-OH is 1. The number of rotatable bonds is 2. The highest BCUT2D eigenvalue weighted by Crippen LogP contribution is 2.25. The van der Waals surface area contributed by atoms with Crippen LogP contribution in [-0.2, 0) is 0 Å². The molecule has 0 aliphatic rings. The molecule has 0 aliphatic carbocycles. The van der Waals surface area contributed by atoms with Crippen LogP contribution in [0.4, 0.5) is 10.1 Å². The van der Waals surface area contributed by atoms with Crippen molar-refractivity contribution in [2.24, 2.45) is 5.73 Å². The number of nitrogen functional groups attached to an aromatic ring is 1. The molecule has 5 heteroatoms. The maximum Gasteiger partial charge on any atom is 0.130 e. The summed E-state index contributed by atoms with van der Waals surface area (Å²) >= 11 is 5.66. The first-order chi connectivity index (χ1) is 6.06. The van der Waals surface area contributed by atoms with Crippen molar-refractivity contribution < 1.29 is 9.50 Å². The summed E-state index contributed by atoms with van der Waals surface area (Å²) in [5, 5.41) is 8.94. The van der Waals surface area contributed by atoms with Gasteiger partial charge in [0.05, 0.1) is 23.4 Å². The van der Waals surface area contributed by atoms with Crippen LogP contribution in [0.5, 0.6) is 0 Å². The van der Waals surface area contributed by atoms with Crippen molar-refractivity contribution in [3.8, 4) is 0 Å². The molecule has 5 N–H and O–H groups in total. The van der Waals surface area contributed by atoms with Crippen LogP contribution >= 0.6 is 11.6 Å². The summed E-state index contributed by atoms with van der Waals surface area (Å²) in [7, 11) is 0. The molecule has 0 amide bonds. The zero-order valence-corrected chi connectivity index (χ0v) is 7.55. The minimum Gasteiger partial charge on any atom is -0.397 e. The molecule has 0 bridgehead atoms. The molecule has 1 rings (SSSR count). The number of hydrogen-bond donors (Lipinski definition) is 3. The van der Waals surface area contributed by atoms with Crippen molar-refractivity contribution >= 4 is 17.3 Å². The van der Waals surface area contributed by atoms with E-state index in [1.54, 1.807) is 0 Å². The van der Waals surface area contributed by atoms with Gasteiger partial charge < -0.3 is 16.6 Å². The van der Waals surface area contributed by atoms with Gasteiger partial charge in [-0.05, 0) is 12.1 Å². The Kier molecular flexibility index (Phi) is 3.08. The van der Waals surface area contributed by atoms with E-state index in [4.69, 9.17) is 28.2 Å². The zero-order valence-electron chi connectivity index (χ0n) is 6.80. The minimum absolute atomic E-state index is 0.160. The molecular formula is C8H10ClFN2O. The fourth-order valence-corrected chi connectivity index (χ4v) is 1.13. The Morgan fingerprint density at radius 3 is 2.69 bits per heavy atom. The fraction of sp³-hybridized carbons (Fsp3) is 0.250. The molecule has 1 aromatic carbocycles. The molecule has 3 nitrogen and oxygen atoms in total. The van der Waals surface area contributed by atoms with Gasteiger partial charge in [0.25, 0.3) is 0 Å². The Hall–Kier alpha value is -0.840. The van der Waals surface area contributed by atoms with Gasteiger partial charge in [0.1, 0.15) is 5.82 Å².